The molecule has 0 saturated heterocycles. The van der Waals surface area contributed by atoms with Gasteiger partial charge in [-0.15, -0.1) is 0 Å². The number of hydrogen-bond donors (Lipinski definition) is 2. The molecular weight excluding hydrogens is 276 g/mol. The maximum Gasteiger partial charge on any atom is 0.279 e. The second-order valence-corrected chi connectivity index (χ2v) is 6.13. The zero-order valence-electron chi connectivity index (χ0n) is 10.3. The molecular formula is C11H17ClN2O3S. The van der Waals surface area contributed by atoms with Crippen molar-refractivity contribution in [2.75, 3.05) is 20.1 Å². The largest absolute Gasteiger partial charge is 0.387 e. The third kappa shape index (κ3) is 4.22. The van der Waals surface area contributed by atoms with Crippen molar-refractivity contribution in [2.45, 2.75) is 13.0 Å². The van der Waals surface area contributed by atoms with E-state index >= 15 is 0 Å². The number of aliphatic hydroxyl groups is 1. The number of benzene rings is 1. The van der Waals surface area contributed by atoms with Crippen molar-refractivity contribution in [1.29, 1.82) is 0 Å². The Hall–Kier alpha value is -0.660. The summed E-state index contributed by atoms with van der Waals surface area (Å²) in [5.74, 6) is 0. The van der Waals surface area contributed by atoms with Crippen molar-refractivity contribution in [3.63, 3.8) is 0 Å². The van der Waals surface area contributed by atoms with Gasteiger partial charge in [-0.05, 0) is 17.7 Å². The Labute approximate surface area is 113 Å². The summed E-state index contributed by atoms with van der Waals surface area (Å²) in [6, 6.07) is 6.61. The predicted molar refractivity (Wildman–Crippen MR) is 71.6 cm³/mol. The summed E-state index contributed by atoms with van der Waals surface area (Å²) in [7, 11) is -2.06. The molecule has 0 aliphatic rings. The van der Waals surface area contributed by atoms with E-state index in [9.17, 15) is 13.5 Å². The van der Waals surface area contributed by atoms with Crippen molar-refractivity contribution < 1.29 is 13.5 Å². The molecule has 0 aliphatic heterocycles. The van der Waals surface area contributed by atoms with E-state index in [0.717, 1.165) is 0 Å². The molecule has 0 spiro atoms. The van der Waals surface area contributed by atoms with Gasteiger partial charge in [0.25, 0.3) is 10.2 Å². The lowest BCUT2D eigenvalue weighted by Crippen LogP contribution is -2.39. The maximum absolute atomic E-state index is 11.6. The fourth-order valence-electron chi connectivity index (χ4n) is 1.27. The van der Waals surface area contributed by atoms with Gasteiger partial charge in [-0.1, -0.05) is 30.7 Å². The molecule has 7 heteroatoms. The van der Waals surface area contributed by atoms with Crippen LogP contribution in [0.1, 0.15) is 18.6 Å². The summed E-state index contributed by atoms with van der Waals surface area (Å²) in [6.07, 6.45) is -0.901. The topological polar surface area (TPSA) is 69.6 Å². The van der Waals surface area contributed by atoms with Crippen molar-refractivity contribution in [1.82, 2.24) is 9.03 Å². The molecule has 1 aromatic carbocycles. The van der Waals surface area contributed by atoms with Crippen LogP contribution >= 0.6 is 11.6 Å². The highest BCUT2D eigenvalue weighted by molar-refractivity contribution is 7.87. The summed E-state index contributed by atoms with van der Waals surface area (Å²) in [6.45, 7) is 2.02. The maximum atomic E-state index is 11.6. The zero-order chi connectivity index (χ0) is 13.8. The Morgan fingerprint density at radius 1 is 1.39 bits per heavy atom. The average Bonchev–Trinajstić information content (AvgIpc) is 2.35. The molecule has 2 N–H and O–H groups in total. The molecule has 0 fully saturated rings. The van der Waals surface area contributed by atoms with Crippen molar-refractivity contribution >= 4 is 21.8 Å². The van der Waals surface area contributed by atoms with Crippen LogP contribution in [0.15, 0.2) is 24.3 Å². The molecule has 0 aromatic heterocycles. The molecule has 102 valence electrons. The van der Waals surface area contributed by atoms with E-state index in [1.807, 2.05) is 0 Å². The Morgan fingerprint density at radius 2 is 1.94 bits per heavy atom. The third-order valence-electron chi connectivity index (χ3n) is 2.57. The standard InChI is InChI=1S/C11H17ClN2O3S/c1-3-14(2)18(16,17)13-8-11(15)9-4-6-10(12)7-5-9/h4-7,11,13,15H,3,8H2,1-2H3. The fourth-order valence-corrected chi connectivity index (χ4v) is 2.32. The highest BCUT2D eigenvalue weighted by Crippen LogP contribution is 2.16. The molecule has 1 unspecified atom stereocenters. The lowest BCUT2D eigenvalue weighted by Gasteiger charge is -2.17. The second kappa shape index (κ2) is 6.49. The van der Waals surface area contributed by atoms with Crippen molar-refractivity contribution in [3.05, 3.63) is 34.9 Å². The van der Waals surface area contributed by atoms with Crippen LogP contribution in [0.3, 0.4) is 0 Å². The minimum atomic E-state index is -3.52. The van der Waals surface area contributed by atoms with Gasteiger partial charge in [0.05, 0.1) is 6.10 Å². The van der Waals surface area contributed by atoms with Crippen LogP contribution in [0.25, 0.3) is 0 Å². The summed E-state index contributed by atoms with van der Waals surface area (Å²) < 4.78 is 26.8. The van der Waals surface area contributed by atoms with Crippen molar-refractivity contribution in [2.24, 2.45) is 0 Å². The Balaban J connectivity index is 2.61. The summed E-state index contributed by atoms with van der Waals surface area (Å²) >= 11 is 5.73. The molecule has 0 bridgehead atoms. The Morgan fingerprint density at radius 3 is 2.44 bits per heavy atom. The molecule has 0 saturated carbocycles. The average molecular weight is 293 g/mol. The number of aliphatic hydroxyl groups excluding tert-OH is 1. The first kappa shape index (κ1) is 15.4. The van der Waals surface area contributed by atoms with Crippen molar-refractivity contribution in [3.8, 4) is 0 Å². The van der Waals surface area contributed by atoms with E-state index in [-0.39, 0.29) is 6.54 Å². The van der Waals surface area contributed by atoms with Gasteiger partial charge in [0.2, 0.25) is 0 Å². The van der Waals surface area contributed by atoms with E-state index in [4.69, 9.17) is 11.6 Å². The first-order chi connectivity index (χ1) is 8.36. The second-order valence-electron chi connectivity index (χ2n) is 3.84. The molecule has 1 aromatic rings. The number of hydrogen-bond acceptors (Lipinski definition) is 3. The van der Waals surface area contributed by atoms with E-state index in [2.05, 4.69) is 4.72 Å². The van der Waals surface area contributed by atoms with Gasteiger partial charge in [0.1, 0.15) is 0 Å². The quantitative estimate of drug-likeness (QED) is 0.827. The number of nitrogens with zero attached hydrogens (tertiary/aromatic N) is 1. The molecule has 0 aliphatic carbocycles. The molecule has 0 radical (unpaired) electrons. The van der Waals surface area contributed by atoms with Crippen LogP contribution in [0.2, 0.25) is 5.02 Å². The SMILES string of the molecule is CCN(C)S(=O)(=O)NCC(O)c1ccc(Cl)cc1. The summed E-state index contributed by atoms with van der Waals surface area (Å²) in [4.78, 5) is 0. The van der Waals surface area contributed by atoms with Crippen LogP contribution in [0.4, 0.5) is 0 Å². The molecule has 5 nitrogen and oxygen atoms in total. The molecule has 0 amide bonds. The van der Waals surface area contributed by atoms with Crippen LogP contribution in [0, 0.1) is 0 Å². The zero-order valence-corrected chi connectivity index (χ0v) is 11.9. The molecule has 1 rings (SSSR count). The minimum absolute atomic E-state index is 0.0751. The summed E-state index contributed by atoms with van der Waals surface area (Å²) in [5, 5.41) is 10.4. The van der Waals surface area contributed by atoms with Gasteiger partial charge in [-0.25, -0.2) is 0 Å². The van der Waals surface area contributed by atoms with E-state index in [1.165, 1.54) is 11.4 Å². The smallest absolute Gasteiger partial charge is 0.279 e. The van der Waals surface area contributed by atoms with Gasteiger partial charge >= 0.3 is 0 Å². The lowest BCUT2D eigenvalue weighted by molar-refractivity contribution is 0.181. The lowest BCUT2D eigenvalue weighted by atomic mass is 10.1. The number of halogens is 1. The van der Waals surface area contributed by atoms with Gasteiger partial charge in [-0.3, -0.25) is 0 Å². The van der Waals surface area contributed by atoms with Gasteiger partial charge < -0.3 is 5.11 Å². The van der Waals surface area contributed by atoms with Gasteiger partial charge in [0.15, 0.2) is 0 Å². The van der Waals surface area contributed by atoms with Gasteiger partial charge in [-0.2, -0.15) is 17.4 Å². The molecule has 18 heavy (non-hydrogen) atoms. The van der Waals surface area contributed by atoms with Crippen LogP contribution in [-0.2, 0) is 10.2 Å². The van der Waals surface area contributed by atoms with E-state index in [0.29, 0.717) is 17.1 Å². The Kier molecular flexibility index (Phi) is 5.55. The first-order valence-corrected chi connectivity index (χ1v) is 7.33. The van der Waals surface area contributed by atoms with Crippen LogP contribution in [-0.4, -0.2) is 38.0 Å². The monoisotopic (exact) mass is 292 g/mol. The number of rotatable bonds is 6. The normalized spacial score (nSPS) is 13.8. The highest BCUT2D eigenvalue weighted by atomic mass is 35.5. The molecule has 0 heterocycles. The highest BCUT2D eigenvalue weighted by Gasteiger charge is 2.17. The molecule has 1 atom stereocenters. The predicted octanol–water partition coefficient (Wildman–Crippen LogP) is 1.16. The van der Waals surface area contributed by atoms with Gasteiger partial charge in [0, 0.05) is 25.2 Å². The summed E-state index contributed by atoms with van der Waals surface area (Å²) in [5.41, 5.74) is 0.612. The van der Waals surface area contributed by atoms with Crippen LogP contribution < -0.4 is 4.72 Å². The third-order valence-corrected chi connectivity index (χ3v) is 4.43. The Bertz CT molecular complexity index is 476. The fraction of sp³-hybridized carbons (Fsp3) is 0.455. The van der Waals surface area contributed by atoms with E-state index < -0.39 is 16.3 Å². The minimum Gasteiger partial charge on any atom is -0.387 e. The van der Waals surface area contributed by atoms with E-state index in [1.54, 1.807) is 31.2 Å². The van der Waals surface area contributed by atoms with Crippen LogP contribution in [0.5, 0.6) is 0 Å². The first-order valence-electron chi connectivity index (χ1n) is 5.51. The number of nitrogens with one attached hydrogen (secondary N) is 1.